The average Bonchev–Trinajstić information content (AvgIpc) is 2.90. The fourth-order valence-corrected chi connectivity index (χ4v) is 2.17. The van der Waals surface area contributed by atoms with E-state index in [1.807, 2.05) is 0 Å². The standard InChI is InChI=1S/C13H14F2N2O4/c14-9-4-10(15)11(3-8(9)12(19)20)16-13(21)17-2-1-7(5-17)6-18/h3-4,7,18H,1-2,5-6H2,(H,16,21)(H,19,20). The molecule has 0 saturated carbocycles. The van der Waals surface area contributed by atoms with Gasteiger partial charge in [0.25, 0.3) is 0 Å². The number of rotatable bonds is 3. The molecule has 1 atom stereocenters. The molecule has 1 heterocycles. The summed E-state index contributed by atoms with van der Waals surface area (Å²) in [5.74, 6) is -3.84. The third-order valence-corrected chi connectivity index (χ3v) is 3.36. The number of benzene rings is 1. The summed E-state index contributed by atoms with van der Waals surface area (Å²) in [5.41, 5.74) is -1.12. The minimum atomic E-state index is -1.55. The van der Waals surface area contributed by atoms with Crippen LogP contribution in [0.1, 0.15) is 16.8 Å². The molecule has 0 spiro atoms. The van der Waals surface area contributed by atoms with Gasteiger partial charge in [-0.2, -0.15) is 0 Å². The summed E-state index contributed by atoms with van der Waals surface area (Å²) in [6.45, 7) is 0.695. The van der Waals surface area contributed by atoms with Crippen molar-refractivity contribution in [2.45, 2.75) is 6.42 Å². The van der Waals surface area contributed by atoms with Gasteiger partial charge in [0.05, 0.1) is 11.3 Å². The zero-order valence-corrected chi connectivity index (χ0v) is 11.0. The first kappa shape index (κ1) is 15.2. The lowest BCUT2D eigenvalue weighted by atomic mass is 10.1. The van der Waals surface area contributed by atoms with Crippen LogP contribution in [0.4, 0.5) is 19.3 Å². The molecule has 2 amide bonds. The molecule has 1 fully saturated rings. The van der Waals surface area contributed by atoms with Crippen LogP contribution in [0.25, 0.3) is 0 Å². The fourth-order valence-electron chi connectivity index (χ4n) is 2.17. The first-order valence-electron chi connectivity index (χ1n) is 6.31. The summed E-state index contributed by atoms with van der Waals surface area (Å²) >= 11 is 0. The Balaban J connectivity index is 2.14. The van der Waals surface area contributed by atoms with Crippen LogP contribution >= 0.6 is 0 Å². The summed E-state index contributed by atoms with van der Waals surface area (Å²) in [4.78, 5) is 24.1. The average molecular weight is 300 g/mol. The second-order valence-electron chi connectivity index (χ2n) is 4.83. The molecule has 0 aliphatic carbocycles. The van der Waals surface area contributed by atoms with Crippen LogP contribution in [0.3, 0.4) is 0 Å². The van der Waals surface area contributed by atoms with E-state index in [9.17, 15) is 18.4 Å². The van der Waals surface area contributed by atoms with Gasteiger partial charge in [-0.3, -0.25) is 0 Å². The van der Waals surface area contributed by atoms with Crippen molar-refractivity contribution in [2.24, 2.45) is 5.92 Å². The van der Waals surface area contributed by atoms with Crippen LogP contribution in [-0.2, 0) is 0 Å². The second-order valence-corrected chi connectivity index (χ2v) is 4.83. The molecule has 1 unspecified atom stereocenters. The predicted molar refractivity (Wildman–Crippen MR) is 69.1 cm³/mol. The SMILES string of the molecule is O=C(O)c1cc(NC(=O)N2CCC(CO)C2)c(F)cc1F. The monoisotopic (exact) mass is 300 g/mol. The number of likely N-dealkylation sites (tertiary alicyclic amines) is 1. The van der Waals surface area contributed by atoms with Gasteiger partial charge in [0.15, 0.2) is 0 Å². The predicted octanol–water partition coefficient (Wildman–Crippen LogP) is 1.51. The number of anilines is 1. The summed E-state index contributed by atoms with van der Waals surface area (Å²) in [6.07, 6.45) is 0.635. The van der Waals surface area contributed by atoms with E-state index in [1.165, 1.54) is 4.90 Å². The van der Waals surface area contributed by atoms with Crippen molar-refractivity contribution < 1.29 is 28.6 Å². The molecule has 6 nitrogen and oxygen atoms in total. The van der Waals surface area contributed by atoms with Crippen LogP contribution in [0, 0.1) is 17.6 Å². The number of aliphatic hydroxyl groups excluding tert-OH is 1. The number of hydrogen-bond donors (Lipinski definition) is 3. The van der Waals surface area contributed by atoms with Crippen LogP contribution in [0.2, 0.25) is 0 Å². The zero-order chi connectivity index (χ0) is 15.6. The summed E-state index contributed by atoms with van der Waals surface area (Å²) < 4.78 is 26.8. The maximum atomic E-state index is 13.6. The molecular weight excluding hydrogens is 286 g/mol. The molecule has 1 aliphatic heterocycles. The van der Waals surface area contributed by atoms with Crippen molar-refractivity contribution in [3.63, 3.8) is 0 Å². The first-order chi connectivity index (χ1) is 9.92. The first-order valence-corrected chi connectivity index (χ1v) is 6.31. The van der Waals surface area contributed by atoms with Gasteiger partial charge in [-0.05, 0) is 12.5 Å². The number of hydrogen-bond acceptors (Lipinski definition) is 3. The summed E-state index contributed by atoms with van der Waals surface area (Å²) in [7, 11) is 0. The van der Waals surface area contributed by atoms with Crippen LogP contribution in [0.15, 0.2) is 12.1 Å². The second kappa shape index (κ2) is 6.04. The topological polar surface area (TPSA) is 89.9 Å². The fraction of sp³-hybridized carbons (Fsp3) is 0.385. The Hall–Kier alpha value is -2.22. The Morgan fingerprint density at radius 2 is 2.05 bits per heavy atom. The van der Waals surface area contributed by atoms with E-state index < -0.39 is 34.9 Å². The van der Waals surface area contributed by atoms with Crippen molar-refractivity contribution in [1.29, 1.82) is 0 Å². The van der Waals surface area contributed by atoms with Crippen LogP contribution < -0.4 is 5.32 Å². The van der Waals surface area contributed by atoms with E-state index in [4.69, 9.17) is 10.2 Å². The Morgan fingerprint density at radius 3 is 2.62 bits per heavy atom. The molecule has 3 N–H and O–H groups in total. The highest BCUT2D eigenvalue weighted by molar-refractivity contribution is 5.93. The number of halogens is 2. The Kier molecular flexibility index (Phi) is 4.37. The Morgan fingerprint density at radius 1 is 1.33 bits per heavy atom. The summed E-state index contributed by atoms with van der Waals surface area (Å²) in [6, 6.07) is 0.539. The number of carboxylic acid groups (broad SMARTS) is 1. The highest BCUT2D eigenvalue weighted by Crippen LogP contribution is 2.22. The highest BCUT2D eigenvalue weighted by Gasteiger charge is 2.26. The highest BCUT2D eigenvalue weighted by atomic mass is 19.1. The van der Waals surface area contributed by atoms with E-state index in [1.54, 1.807) is 0 Å². The Bertz CT molecular complexity index is 580. The van der Waals surface area contributed by atoms with Crippen LogP contribution in [0.5, 0.6) is 0 Å². The molecule has 2 rings (SSSR count). The number of nitrogens with zero attached hydrogens (tertiary/aromatic N) is 1. The van der Waals surface area contributed by atoms with E-state index in [0.717, 1.165) is 6.07 Å². The number of carbonyl (C=O) groups is 2. The number of urea groups is 1. The van der Waals surface area contributed by atoms with Crippen molar-refractivity contribution in [2.75, 3.05) is 25.0 Å². The minimum Gasteiger partial charge on any atom is -0.478 e. The van der Waals surface area contributed by atoms with Crippen molar-refractivity contribution in [3.05, 3.63) is 29.3 Å². The van der Waals surface area contributed by atoms with Crippen LogP contribution in [-0.4, -0.2) is 46.8 Å². The van der Waals surface area contributed by atoms with Crippen molar-refractivity contribution in [3.8, 4) is 0 Å². The van der Waals surface area contributed by atoms with Gasteiger partial charge in [-0.15, -0.1) is 0 Å². The Labute approximate surface area is 119 Å². The number of aliphatic hydroxyl groups is 1. The maximum absolute atomic E-state index is 13.6. The maximum Gasteiger partial charge on any atom is 0.338 e. The number of amides is 2. The molecule has 1 saturated heterocycles. The quantitative estimate of drug-likeness (QED) is 0.789. The molecule has 1 aromatic rings. The molecule has 21 heavy (non-hydrogen) atoms. The third kappa shape index (κ3) is 3.27. The van der Waals surface area contributed by atoms with Gasteiger partial charge in [0, 0.05) is 31.7 Å². The van der Waals surface area contributed by atoms with E-state index in [0.29, 0.717) is 25.6 Å². The third-order valence-electron chi connectivity index (χ3n) is 3.36. The molecule has 0 radical (unpaired) electrons. The molecule has 1 aliphatic rings. The molecule has 0 aromatic heterocycles. The molecule has 0 bridgehead atoms. The van der Waals surface area contributed by atoms with Crippen molar-refractivity contribution in [1.82, 2.24) is 4.90 Å². The number of carbonyl (C=O) groups excluding carboxylic acids is 1. The van der Waals surface area contributed by atoms with Crippen molar-refractivity contribution >= 4 is 17.7 Å². The van der Waals surface area contributed by atoms with Gasteiger partial charge in [0.1, 0.15) is 11.6 Å². The lowest BCUT2D eigenvalue weighted by Crippen LogP contribution is -2.33. The van der Waals surface area contributed by atoms with Gasteiger partial charge in [-0.1, -0.05) is 0 Å². The number of aromatic carboxylic acids is 1. The lowest BCUT2D eigenvalue weighted by molar-refractivity contribution is 0.0691. The van der Waals surface area contributed by atoms with E-state index >= 15 is 0 Å². The smallest absolute Gasteiger partial charge is 0.338 e. The van der Waals surface area contributed by atoms with E-state index in [-0.39, 0.29) is 12.5 Å². The lowest BCUT2D eigenvalue weighted by Gasteiger charge is -2.17. The number of carboxylic acids is 1. The minimum absolute atomic E-state index is 0.0246. The molecule has 8 heteroatoms. The van der Waals surface area contributed by atoms with Gasteiger partial charge >= 0.3 is 12.0 Å². The molecule has 1 aromatic carbocycles. The van der Waals surface area contributed by atoms with Gasteiger partial charge < -0.3 is 20.4 Å². The molecular formula is C13H14F2N2O4. The zero-order valence-electron chi connectivity index (χ0n) is 11.0. The largest absolute Gasteiger partial charge is 0.478 e. The van der Waals surface area contributed by atoms with Gasteiger partial charge in [-0.25, -0.2) is 18.4 Å². The number of nitrogens with one attached hydrogen (secondary N) is 1. The van der Waals surface area contributed by atoms with Gasteiger partial charge in [0.2, 0.25) is 0 Å². The summed E-state index contributed by atoms with van der Waals surface area (Å²) in [5, 5.41) is 20.0. The van der Waals surface area contributed by atoms with E-state index in [2.05, 4.69) is 5.32 Å². The molecule has 114 valence electrons. The normalized spacial score (nSPS) is 17.9.